The maximum Gasteiger partial charge on any atom is 0.322 e. The lowest BCUT2D eigenvalue weighted by Crippen LogP contribution is -2.63. The lowest BCUT2D eigenvalue weighted by molar-refractivity contribution is -0.138. The third-order valence-electron chi connectivity index (χ3n) is 19.3. The molecule has 0 radical (unpaired) electrons. The van der Waals surface area contributed by atoms with Gasteiger partial charge < -0.3 is 124 Å². The van der Waals surface area contributed by atoms with Gasteiger partial charge in [0.05, 0.1) is 24.9 Å². The van der Waals surface area contributed by atoms with Crippen LogP contribution < -0.4 is 109 Å². The number of amides is 15. The predicted octanol–water partition coefficient (Wildman–Crippen LogP) is -4.34. The zero-order chi connectivity index (χ0) is 92.4. The van der Waals surface area contributed by atoms with Crippen molar-refractivity contribution >= 4 is 118 Å². The molecule has 684 valence electrons. The van der Waals surface area contributed by atoms with Crippen molar-refractivity contribution in [3.8, 4) is 0 Å². The van der Waals surface area contributed by atoms with Crippen LogP contribution in [-0.2, 0) is 89.6 Å². The van der Waals surface area contributed by atoms with Gasteiger partial charge in [-0.1, -0.05) is 120 Å². The summed E-state index contributed by atoms with van der Waals surface area (Å²) < 4.78 is 0. The van der Waals surface area contributed by atoms with Gasteiger partial charge >= 0.3 is 5.97 Å². The first-order chi connectivity index (χ1) is 57.2. The predicted molar refractivity (Wildman–Crippen MR) is 458 cm³/mol. The van der Waals surface area contributed by atoms with Crippen LogP contribution in [0.4, 0.5) is 0 Å². The van der Waals surface area contributed by atoms with Gasteiger partial charge in [-0.05, 0) is 118 Å². The van der Waals surface area contributed by atoms with Crippen LogP contribution in [0.5, 0.6) is 0 Å². The van der Waals surface area contributed by atoms with Gasteiger partial charge in [0.25, 0.3) is 0 Å². The molecule has 15 amide bonds. The third kappa shape index (κ3) is 40.4. The number of carbonyl (C=O) groups is 16. The standard InChI is InChI=1S/C79H134N24O18S/c1-16-44(12)62(76(120)99-54(32-41(6)7)70(114)95-52(30-39(2)3)69(113)96-55(33-47-22-18-17-19-23-47)71(115)93-51(26-29-122-15)65(109)89-37-59(106)107)102-73(117)57(35-58(80)105)100-75(119)61(43(10)11)101-72(116)56(34-48-36-86-38-90-48)97-67(111)50(25-21-28-88-79(84)85)94-77(121)63(46(14)104)103-64(108)45(13)91-66(110)49(24-20-27-87-78(82)83)92-68(112)53(31-40(4)5)98-74(118)60(81)42(8)9/h17-19,22-23,36,38-46,49-57,60-63,104H,16,20-21,24-35,37,81H2,1-15H3,(H2,80,105)(H,86,90)(H,89,109)(H,91,110)(H,92,112)(H,93,115)(H,94,121)(H,95,114)(H,96,113)(H,97,111)(H,98,118)(H,99,120)(H,100,119)(H,101,116)(H,102,117)(H,103,108)(H,106,107)(H4,82,83,87)(H4,84,85,88)/t44-,45-,46+,49-,50-,51-,52-,53-,54-,55-,56-,57-,60-,61-,62-,63-/m0/s1. The number of primary amides is 1. The lowest BCUT2D eigenvalue weighted by Gasteiger charge is -2.31. The molecule has 43 heteroatoms. The van der Waals surface area contributed by atoms with Crippen LogP contribution in [0, 0.1) is 35.5 Å². The van der Waals surface area contributed by atoms with Crippen LogP contribution in [0.15, 0.2) is 52.8 Å². The molecule has 42 nitrogen and oxygen atoms in total. The van der Waals surface area contributed by atoms with Gasteiger partial charge in [0, 0.05) is 37.8 Å². The third-order valence-corrected chi connectivity index (χ3v) is 19.9. The van der Waals surface area contributed by atoms with Crippen molar-refractivity contribution in [3.63, 3.8) is 0 Å². The van der Waals surface area contributed by atoms with Crippen LogP contribution >= 0.6 is 11.8 Å². The number of benzene rings is 1. The minimum Gasteiger partial charge on any atom is -0.480 e. The van der Waals surface area contributed by atoms with Crippen molar-refractivity contribution in [1.29, 1.82) is 0 Å². The maximum atomic E-state index is 14.8. The number of aliphatic hydroxyl groups excluding tert-OH is 1. The van der Waals surface area contributed by atoms with Gasteiger partial charge in [-0.15, -0.1) is 0 Å². The first kappa shape index (κ1) is 107. The summed E-state index contributed by atoms with van der Waals surface area (Å²) in [6.07, 6.45) is 1.71. The van der Waals surface area contributed by atoms with E-state index < -0.39 is 210 Å². The summed E-state index contributed by atoms with van der Waals surface area (Å²) in [7, 11) is 0. The molecular weight excluding hydrogens is 1610 g/mol. The molecule has 0 spiro atoms. The molecule has 29 N–H and O–H groups in total. The fraction of sp³-hybridized carbons (Fsp3) is 0.658. The first-order valence-corrected chi connectivity index (χ1v) is 42.4. The monoisotopic (exact) mass is 1740 g/mol. The second-order valence-corrected chi connectivity index (χ2v) is 33.2. The molecule has 1 aromatic carbocycles. The Balaban J connectivity index is 2.55. The highest BCUT2D eigenvalue weighted by molar-refractivity contribution is 7.98. The molecule has 0 aliphatic heterocycles. The highest BCUT2D eigenvalue weighted by Crippen LogP contribution is 2.18. The maximum absolute atomic E-state index is 14.8. The molecular formula is C79H134N24O18S. The van der Waals surface area contributed by atoms with Gasteiger partial charge in [0.2, 0.25) is 88.6 Å². The summed E-state index contributed by atoms with van der Waals surface area (Å²) in [5.74, 6) is -17.7. The van der Waals surface area contributed by atoms with Gasteiger partial charge in [0.15, 0.2) is 11.9 Å². The highest BCUT2D eigenvalue weighted by Gasteiger charge is 2.40. The molecule has 0 aliphatic rings. The summed E-state index contributed by atoms with van der Waals surface area (Å²) in [5.41, 5.74) is 34.8. The molecule has 1 aromatic heterocycles. The summed E-state index contributed by atoms with van der Waals surface area (Å²) in [6.45, 7) is 22.2. The number of aromatic nitrogens is 2. The number of H-pyrrole nitrogens is 1. The molecule has 0 fully saturated rings. The van der Waals surface area contributed by atoms with Crippen molar-refractivity contribution in [2.75, 3.05) is 31.6 Å². The molecule has 2 aromatic rings. The van der Waals surface area contributed by atoms with Crippen LogP contribution in [0.25, 0.3) is 0 Å². The van der Waals surface area contributed by atoms with Crippen LogP contribution in [0.1, 0.15) is 172 Å². The Bertz CT molecular complexity index is 3820. The van der Waals surface area contributed by atoms with E-state index in [2.05, 4.69) is 94.4 Å². The van der Waals surface area contributed by atoms with Crippen molar-refractivity contribution in [3.05, 3.63) is 54.1 Å². The fourth-order valence-corrected chi connectivity index (χ4v) is 12.7. The normalized spacial score (nSPS) is 15.2. The Morgan fingerprint density at radius 3 is 1.29 bits per heavy atom. The largest absolute Gasteiger partial charge is 0.480 e. The van der Waals surface area contributed by atoms with E-state index in [4.69, 9.17) is 34.4 Å². The number of imidazole rings is 1. The van der Waals surface area contributed by atoms with Crippen LogP contribution in [0.2, 0.25) is 0 Å². The number of nitrogens with one attached hydrogen (secondary N) is 15. The Kier molecular flexibility index (Phi) is 48.1. The van der Waals surface area contributed by atoms with Crippen molar-refractivity contribution in [2.24, 2.45) is 79.9 Å². The second kappa shape index (κ2) is 54.9. The van der Waals surface area contributed by atoms with E-state index in [-0.39, 0.29) is 125 Å². The van der Waals surface area contributed by atoms with Gasteiger partial charge in [-0.3, -0.25) is 86.7 Å². The number of carboxylic acid groups (broad SMARTS) is 1. The minimum absolute atomic E-state index is 0.00720. The van der Waals surface area contributed by atoms with E-state index in [1.165, 1.54) is 45.1 Å². The number of rotatable bonds is 57. The average Bonchev–Trinajstić information content (AvgIpc) is 1.06. The van der Waals surface area contributed by atoms with Gasteiger partial charge in [-0.25, -0.2) is 4.98 Å². The lowest BCUT2D eigenvalue weighted by atomic mass is 9.95. The molecule has 0 bridgehead atoms. The van der Waals surface area contributed by atoms with Crippen LogP contribution in [-0.4, -0.2) is 249 Å². The number of hydrogen-bond donors (Lipinski definition) is 23. The number of carboxylic acids is 1. The Labute approximate surface area is 716 Å². The number of thioether (sulfide) groups is 1. The number of aromatic amines is 1. The second-order valence-electron chi connectivity index (χ2n) is 32.2. The number of hydrogen-bond acceptors (Lipinski definition) is 22. The Morgan fingerprint density at radius 1 is 0.451 bits per heavy atom. The van der Waals surface area contributed by atoms with E-state index in [9.17, 15) is 86.9 Å². The molecule has 0 aliphatic carbocycles. The Hall–Kier alpha value is -11.2. The molecule has 2 rings (SSSR count). The molecule has 16 atom stereocenters. The molecule has 1 heterocycles. The number of nitrogens with zero attached hydrogens (tertiary/aromatic N) is 3. The molecule has 0 saturated carbocycles. The molecule has 0 unspecified atom stereocenters. The van der Waals surface area contributed by atoms with Crippen molar-refractivity contribution in [2.45, 2.75) is 265 Å². The van der Waals surface area contributed by atoms with Crippen molar-refractivity contribution in [1.82, 2.24) is 84.4 Å². The number of guanidine groups is 2. The number of carbonyl (C=O) groups excluding carboxylic acids is 15. The number of aliphatic hydroxyl groups is 1. The molecule has 0 saturated heterocycles. The highest BCUT2D eigenvalue weighted by atomic mass is 32.2. The topological polar surface area (TPSA) is 692 Å². The minimum atomic E-state index is -1.85. The zero-order valence-corrected chi connectivity index (χ0v) is 73.4. The zero-order valence-electron chi connectivity index (χ0n) is 72.6. The molecule has 122 heavy (non-hydrogen) atoms. The van der Waals surface area contributed by atoms with E-state index >= 15 is 0 Å². The van der Waals surface area contributed by atoms with Crippen molar-refractivity contribution < 1.29 is 86.9 Å². The average molecular weight is 1740 g/mol. The Morgan fingerprint density at radius 2 is 0.844 bits per heavy atom. The summed E-state index contributed by atoms with van der Waals surface area (Å²) in [5, 5.41) is 56.5. The number of aliphatic carboxylic acids is 1. The summed E-state index contributed by atoms with van der Waals surface area (Å²) in [6, 6.07) is -11.5. The quantitative estimate of drug-likeness (QED) is 0.0169. The SMILES string of the molecule is CC[C@H](C)[C@H](NC(=O)[C@H](CC(N)=O)NC(=O)[C@@H](NC(=O)[C@H](Cc1cnc[nH]1)NC(=O)[C@H](CCCN=C(N)N)NC(=O)[C@@H](NC(=O)[C@H](C)NC(=O)[C@H](CCCN=C(N)N)NC(=O)[C@H](CC(C)C)NC(=O)[C@@H](N)C(C)C)[C@@H](C)O)C(C)C)C(=O)N[C@@H](CC(C)C)C(=O)N[C@@H](CC(C)C)C(=O)N[C@@H](Cc1ccccc1)C(=O)N[C@@H](CCSC)C(=O)NCC(=O)O. The van der Waals surface area contributed by atoms with E-state index in [1.807, 2.05) is 13.8 Å². The first-order valence-electron chi connectivity index (χ1n) is 41.0. The van der Waals surface area contributed by atoms with E-state index in [1.54, 1.807) is 92.0 Å². The summed E-state index contributed by atoms with van der Waals surface area (Å²) >= 11 is 1.38. The van der Waals surface area contributed by atoms with E-state index in [0.717, 1.165) is 6.92 Å². The smallest absolute Gasteiger partial charge is 0.322 e. The van der Waals surface area contributed by atoms with Crippen LogP contribution in [0.3, 0.4) is 0 Å². The van der Waals surface area contributed by atoms with Gasteiger partial charge in [-0.2, -0.15) is 11.8 Å². The summed E-state index contributed by atoms with van der Waals surface area (Å²) in [4.78, 5) is 238. The van der Waals surface area contributed by atoms with Gasteiger partial charge in [0.1, 0.15) is 85.1 Å². The number of nitrogens with two attached hydrogens (primary N) is 6. The fourth-order valence-electron chi connectivity index (χ4n) is 12.3. The van der Waals surface area contributed by atoms with E-state index in [0.29, 0.717) is 11.3 Å². The number of aliphatic imine (C=N–C) groups is 2.